The Labute approximate surface area is 94.1 Å². The lowest BCUT2D eigenvalue weighted by molar-refractivity contribution is 0.0950. The average molecular weight is 224 g/mol. The molecule has 4 N–H and O–H groups in total. The van der Waals surface area contributed by atoms with Gasteiger partial charge in [0.15, 0.2) is 11.5 Å². The zero-order chi connectivity index (χ0) is 12.1. The predicted octanol–water partition coefficient (Wildman–Crippen LogP) is 0.435. The average Bonchev–Trinajstić information content (AvgIpc) is 2.29. The molecule has 1 atom stereocenters. The molecule has 1 rings (SSSR count). The van der Waals surface area contributed by atoms with Crippen molar-refractivity contribution in [2.75, 3.05) is 13.6 Å². The van der Waals surface area contributed by atoms with Gasteiger partial charge in [-0.15, -0.1) is 0 Å². The van der Waals surface area contributed by atoms with E-state index < -0.39 is 0 Å². The van der Waals surface area contributed by atoms with E-state index >= 15 is 0 Å². The summed E-state index contributed by atoms with van der Waals surface area (Å²) in [5.74, 6) is -0.813. The summed E-state index contributed by atoms with van der Waals surface area (Å²) in [4.78, 5) is 11.6. The molecule has 0 aliphatic carbocycles. The van der Waals surface area contributed by atoms with E-state index in [1.807, 2.05) is 14.0 Å². The van der Waals surface area contributed by atoms with Gasteiger partial charge in [0.2, 0.25) is 0 Å². The van der Waals surface area contributed by atoms with E-state index in [0.29, 0.717) is 12.1 Å². The van der Waals surface area contributed by atoms with E-state index in [1.54, 1.807) is 0 Å². The van der Waals surface area contributed by atoms with Crippen LogP contribution in [0.5, 0.6) is 11.5 Å². The van der Waals surface area contributed by atoms with Crippen LogP contribution in [-0.4, -0.2) is 35.8 Å². The molecule has 0 fully saturated rings. The van der Waals surface area contributed by atoms with Gasteiger partial charge >= 0.3 is 0 Å². The quantitative estimate of drug-likeness (QED) is 0.559. The standard InChI is InChI=1S/C11H16N2O3/c1-7(12-2)6-13-11(16)8-3-4-9(14)10(15)5-8/h3-5,7,12,14-15H,6H2,1-2H3,(H,13,16). The molecule has 0 aromatic heterocycles. The number of carbonyl (C=O) groups is 1. The molecule has 5 heteroatoms. The number of likely N-dealkylation sites (N-methyl/N-ethyl adjacent to an activating group) is 1. The van der Waals surface area contributed by atoms with Crippen molar-refractivity contribution in [3.8, 4) is 11.5 Å². The van der Waals surface area contributed by atoms with Crippen LogP contribution in [0.15, 0.2) is 18.2 Å². The number of phenolic OH excluding ortho intramolecular Hbond substituents is 2. The summed E-state index contributed by atoms with van der Waals surface area (Å²) in [6, 6.07) is 4.14. The number of aromatic hydroxyl groups is 2. The van der Waals surface area contributed by atoms with E-state index in [-0.39, 0.29) is 23.4 Å². The maximum absolute atomic E-state index is 11.6. The normalized spacial score (nSPS) is 12.1. The van der Waals surface area contributed by atoms with E-state index in [1.165, 1.54) is 18.2 Å². The Morgan fingerprint density at radius 3 is 2.62 bits per heavy atom. The lowest BCUT2D eigenvalue weighted by Gasteiger charge is -2.11. The minimum Gasteiger partial charge on any atom is -0.504 e. The molecule has 88 valence electrons. The third-order valence-corrected chi connectivity index (χ3v) is 2.30. The second kappa shape index (κ2) is 5.37. The van der Waals surface area contributed by atoms with Crippen molar-refractivity contribution < 1.29 is 15.0 Å². The maximum Gasteiger partial charge on any atom is 0.251 e. The number of phenols is 2. The van der Waals surface area contributed by atoms with Crippen LogP contribution in [0.3, 0.4) is 0 Å². The summed E-state index contributed by atoms with van der Waals surface area (Å²) >= 11 is 0. The molecule has 0 heterocycles. The minimum absolute atomic E-state index is 0.176. The Morgan fingerprint density at radius 2 is 2.06 bits per heavy atom. The summed E-state index contributed by atoms with van der Waals surface area (Å²) in [6.07, 6.45) is 0. The number of hydrogen-bond acceptors (Lipinski definition) is 4. The van der Waals surface area contributed by atoms with E-state index in [4.69, 9.17) is 5.11 Å². The Kier molecular flexibility index (Phi) is 4.13. The molecule has 1 aromatic carbocycles. The van der Waals surface area contributed by atoms with Crippen LogP contribution < -0.4 is 10.6 Å². The molecule has 5 nitrogen and oxygen atoms in total. The molecule has 0 radical (unpaired) electrons. The summed E-state index contributed by atoms with van der Waals surface area (Å²) in [5.41, 5.74) is 0.318. The highest BCUT2D eigenvalue weighted by molar-refractivity contribution is 5.94. The molecule has 1 unspecified atom stereocenters. The van der Waals surface area contributed by atoms with Crippen molar-refractivity contribution in [1.82, 2.24) is 10.6 Å². The van der Waals surface area contributed by atoms with Crippen molar-refractivity contribution >= 4 is 5.91 Å². The van der Waals surface area contributed by atoms with Gasteiger partial charge in [-0.3, -0.25) is 4.79 Å². The fourth-order valence-electron chi connectivity index (χ4n) is 1.11. The molecule has 0 saturated heterocycles. The van der Waals surface area contributed by atoms with Gasteiger partial charge in [0.1, 0.15) is 0 Å². The van der Waals surface area contributed by atoms with Gasteiger partial charge in [0.25, 0.3) is 5.91 Å². The topological polar surface area (TPSA) is 81.6 Å². The Balaban J connectivity index is 2.63. The van der Waals surface area contributed by atoms with Crippen LogP contribution in [0.2, 0.25) is 0 Å². The molecule has 0 saturated carbocycles. The van der Waals surface area contributed by atoms with Crippen molar-refractivity contribution in [3.63, 3.8) is 0 Å². The highest BCUT2D eigenvalue weighted by atomic mass is 16.3. The Morgan fingerprint density at radius 1 is 1.38 bits per heavy atom. The number of benzene rings is 1. The zero-order valence-electron chi connectivity index (χ0n) is 9.32. The molecule has 0 aliphatic rings. The van der Waals surface area contributed by atoms with Crippen LogP contribution in [0.1, 0.15) is 17.3 Å². The van der Waals surface area contributed by atoms with Gasteiger partial charge in [-0.1, -0.05) is 0 Å². The second-order valence-corrected chi connectivity index (χ2v) is 3.60. The highest BCUT2D eigenvalue weighted by Crippen LogP contribution is 2.24. The third kappa shape index (κ3) is 3.13. The number of amides is 1. The summed E-state index contributed by atoms with van der Waals surface area (Å²) < 4.78 is 0. The number of rotatable bonds is 4. The van der Waals surface area contributed by atoms with Crippen LogP contribution in [0.25, 0.3) is 0 Å². The van der Waals surface area contributed by atoms with Crippen molar-refractivity contribution in [2.45, 2.75) is 13.0 Å². The van der Waals surface area contributed by atoms with Gasteiger partial charge in [-0.2, -0.15) is 0 Å². The SMILES string of the molecule is CNC(C)CNC(=O)c1ccc(O)c(O)c1. The molecule has 0 bridgehead atoms. The Bertz CT molecular complexity index is 379. The highest BCUT2D eigenvalue weighted by Gasteiger charge is 2.09. The predicted molar refractivity (Wildman–Crippen MR) is 60.6 cm³/mol. The van der Waals surface area contributed by atoms with Crippen molar-refractivity contribution in [1.29, 1.82) is 0 Å². The second-order valence-electron chi connectivity index (χ2n) is 3.60. The molecule has 1 amide bonds. The maximum atomic E-state index is 11.6. The van der Waals surface area contributed by atoms with E-state index in [0.717, 1.165) is 0 Å². The van der Waals surface area contributed by atoms with E-state index in [2.05, 4.69) is 10.6 Å². The first kappa shape index (κ1) is 12.3. The number of hydrogen-bond donors (Lipinski definition) is 4. The first-order valence-corrected chi connectivity index (χ1v) is 5.02. The number of carbonyl (C=O) groups excluding carboxylic acids is 1. The monoisotopic (exact) mass is 224 g/mol. The zero-order valence-corrected chi connectivity index (χ0v) is 9.32. The van der Waals surface area contributed by atoms with Gasteiger partial charge < -0.3 is 20.8 Å². The molecule has 0 spiro atoms. The molecule has 1 aromatic rings. The lowest BCUT2D eigenvalue weighted by atomic mass is 10.2. The smallest absolute Gasteiger partial charge is 0.251 e. The van der Waals surface area contributed by atoms with Crippen molar-refractivity contribution in [3.05, 3.63) is 23.8 Å². The molecular weight excluding hydrogens is 208 g/mol. The minimum atomic E-state index is -0.297. The fourth-order valence-corrected chi connectivity index (χ4v) is 1.11. The van der Waals surface area contributed by atoms with Crippen LogP contribution in [0, 0.1) is 0 Å². The fraction of sp³-hybridized carbons (Fsp3) is 0.364. The van der Waals surface area contributed by atoms with Crippen LogP contribution in [-0.2, 0) is 0 Å². The lowest BCUT2D eigenvalue weighted by Crippen LogP contribution is -2.37. The van der Waals surface area contributed by atoms with Gasteiger partial charge in [0.05, 0.1) is 0 Å². The largest absolute Gasteiger partial charge is 0.504 e. The molecule has 0 aliphatic heterocycles. The Hall–Kier alpha value is -1.75. The number of nitrogens with one attached hydrogen (secondary N) is 2. The molecular formula is C11H16N2O3. The van der Waals surface area contributed by atoms with Gasteiger partial charge in [-0.05, 0) is 32.2 Å². The summed E-state index contributed by atoms with van der Waals surface area (Å²) in [6.45, 7) is 2.44. The van der Waals surface area contributed by atoms with Gasteiger partial charge in [0, 0.05) is 18.2 Å². The van der Waals surface area contributed by atoms with Crippen molar-refractivity contribution in [2.24, 2.45) is 0 Å². The van der Waals surface area contributed by atoms with E-state index in [9.17, 15) is 9.90 Å². The first-order chi connectivity index (χ1) is 7.54. The summed E-state index contributed by atoms with van der Waals surface area (Å²) in [5, 5.41) is 24.0. The third-order valence-electron chi connectivity index (χ3n) is 2.30. The summed E-state index contributed by atoms with van der Waals surface area (Å²) in [7, 11) is 1.81. The van der Waals surface area contributed by atoms with Gasteiger partial charge in [-0.25, -0.2) is 0 Å². The first-order valence-electron chi connectivity index (χ1n) is 5.02. The van der Waals surface area contributed by atoms with Crippen LogP contribution in [0.4, 0.5) is 0 Å². The van der Waals surface area contributed by atoms with Crippen LogP contribution >= 0.6 is 0 Å². The molecule has 16 heavy (non-hydrogen) atoms.